The Kier molecular flexibility index (Phi) is 7.58. The van der Waals surface area contributed by atoms with Crippen LogP contribution in [0.1, 0.15) is 30.4 Å². The van der Waals surface area contributed by atoms with Crippen molar-refractivity contribution in [1.82, 2.24) is 4.90 Å². The van der Waals surface area contributed by atoms with E-state index >= 15 is 0 Å². The summed E-state index contributed by atoms with van der Waals surface area (Å²) in [6, 6.07) is 6.75. The molecule has 0 radical (unpaired) electrons. The molecule has 0 fully saturated rings. The summed E-state index contributed by atoms with van der Waals surface area (Å²) in [6.45, 7) is 3.31. The highest BCUT2D eigenvalue weighted by atomic mass is 35.5. The number of aryl methyl sites for hydroxylation is 1. The van der Waals surface area contributed by atoms with Crippen molar-refractivity contribution >= 4 is 30.5 Å². The van der Waals surface area contributed by atoms with Gasteiger partial charge in [0.05, 0.1) is 0 Å². The van der Waals surface area contributed by atoms with Gasteiger partial charge in [-0.1, -0.05) is 23.8 Å². The lowest BCUT2D eigenvalue weighted by Crippen LogP contribution is -2.26. The van der Waals surface area contributed by atoms with Gasteiger partial charge >= 0.3 is 0 Å². The Labute approximate surface area is 140 Å². The second-order valence-corrected chi connectivity index (χ2v) is 5.88. The Hall–Kier alpha value is -0.700. The van der Waals surface area contributed by atoms with E-state index in [0.717, 1.165) is 13.1 Å². The average molecular weight is 329 g/mol. The SMILES string of the molecule is CN1CC=C(CNc2cccc3c2CCCC3)CC1.Cl.Cl. The van der Waals surface area contributed by atoms with Gasteiger partial charge < -0.3 is 10.2 Å². The normalized spacial score (nSPS) is 17.9. The minimum atomic E-state index is 0. The maximum Gasteiger partial charge on any atom is 0.0378 e. The molecule has 1 N–H and O–H groups in total. The lowest BCUT2D eigenvalue weighted by molar-refractivity contribution is 0.358. The summed E-state index contributed by atoms with van der Waals surface area (Å²) in [6.07, 6.45) is 8.80. The fraction of sp³-hybridized carbons (Fsp3) is 0.529. The summed E-state index contributed by atoms with van der Waals surface area (Å²) >= 11 is 0. The van der Waals surface area contributed by atoms with Crippen LogP contribution >= 0.6 is 24.8 Å². The van der Waals surface area contributed by atoms with E-state index < -0.39 is 0 Å². The van der Waals surface area contributed by atoms with Crippen molar-refractivity contribution < 1.29 is 0 Å². The molecule has 0 aromatic heterocycles. The van der Waals surface area contributed by atoms with Crippen LogP contribution in [0.15, 0.2) is 29.8 Å². The molecule has 1 heterocycles. The van der Waals surface area contributed by atoms with Gasteiger partial charge in [0.1, 0.15) is 0 Å². The Morgan fingerprint density at radius 2 is 1.90 bits per heavy atom. The summed E-state index contributed by atoms with van der Waals surface area (Å²) in [5, 5.41) is 3.67. The van der Waals surface area contributed by atoms with Gasteiger partial charge in [-0.25, -0.2) is 0 Å². The first-order valence-electron chi connectivity index (χ1n) is 7.54. The molecule has 0 unspecified atom stereocenters. The highest BCUT2D eigenvalue weighted by Gasteiger charge is 2.13. The molecule has 3 rings (SSSR count). The van der Waals surface area contributed by atoms with Crippen LogP contribution in [0.25, 0.3) is 0 Å². The highest BCUT2D eigenvalue weighted by molar-refractivity contribution is 5.85. The summed E-state index contributed by atoms with van der Waals surface area (Å²) in [4.78, 5) is 2.37. The lowest BCUT2D eigenvalue weighted by Gasteiger charge is -2.24. The summed E-state index contributed by atoms with van der Waals surface area (Å²) in [7, 11) is 2.19. The molecule has 1 aromatic rings. The van der Waals surface area contributed by atoms with Gasteiger partial charge in [-0.05, 0) is 56.3 Å². The van der Waals surface area contributed by atoms with Crippen molar-refractivity contribution in [2.45, 2.75) is 32.1 Å². The first kappa shape index (κ1) is 18.3. The predicted octanol–water partition coefficient (Wildman–Crippen LogP) is 4.08. The van der Waals surface area contributed by atoms with E-state index in [4.69, 9.17) is 0 Å². The van der Waals surface area contributed by atoms with Crippen molar-refractivity contribution in [2.24, 2.45) is 0 Å². The van der Waals surface area contributed by atoms with Gasteiger partial charge in [-0.2, -0.15) is 0 Å². The zero-order chi connectivity index (χ0) is 13.1. The first-order chi connectivity index (χ1) is 9.33. The molecular weight excluding hydrogens is 303 g/mol. The lowest BCUT2D eigenvalue weighted by atomic mass is 9.90. The predicted molar refractivity (Wildman–Crippen MR) is 96.3 cm³/mol. The number of benzene rings is 1. The quantitative estimate of drug-likeness (QED) is 0.841. The number of anilines is 1. The standard InChI is InChI=1S/C17H24N2.2ClH/c1-19-11-9-14(10-12-19)13-18-17-8-4-6-15-5-2-3-7-16(15)17;;/h4,6,8-9,18H,2-3,5,7,10-13H2,1H3;2*1H. The molecule has 1 aromatic carbocycles. The van der Waals surface area contributed by atoms with Gasteiger partial charge in [0, 0.05) is 25.3 Å². The number of nitrogens with zero attached hydrogens (tertiary/aromatic N) is 1. The molecule has 1 aliphatic heterocycles. The van der Waals surface area contributed by atoms with Crippen LogP contribution in [-0.4, -0.2) is 31.6 Å². The number of likely N-dealkylation sites (N-methyl/N-ethyl adjacent to an activating group) is 1. The Morgan fingerprint density at radius 3 is 2.67 bits per heavy atom. The van der Waals surface area contributed by atoms with E-state index in [0.29, 0.717) is 0 Å². The van der Waals surface area contributed by atoms with Crippen LogP contribution in [0, 0.1) is 0 Å². The molecule has 0 saturated heterocycles. The molecule has 118 valence electrons. The van der Waals surface area contributed by atoms with Crippen LogP contribution in [0.5, 0.6) is 0 Å². The van der Waals surface area contributed by atoms with E-state index in [1.54, 1.807) is 16.7 Å². The van der Waals surface area contributed by atoms with E-state index in [1.165, 1.54) is 44.3 Å². The van der Waals surface area contributed by atoms with Crippen LogP contribution in [0.2, 0.25) is 0 Å². The van der Waals surface area contributed by atoms with Crippen molar-refractivity contribution in [3.05, 3.63) is 41.0 Å². The second-order valence-electron chi connectivity index (χ2n) is 5.88. The number of halogens is 2. The maximum atomic E-state index is 3.67. The van der Waals surface area contributed by atoms with Gasteiger partial charge in [0.2, 0.25) is 0 Å². The Balaban J connectivity index is 0.00000110. The zero-order valence-electron chi connectivity index (χ0n) is 12.7. The summed E-state index contributed by atoms with van der Waals surface area (Å²) < 4.78 is 0. The monoisotopic (exact) mass is 328 g/mol. The molecule has 0 atom stereocenters. The number of fused-ring (bicyclic) bond motifs is 1. The maximum absolute atomic E-state index is 3.67. The number of hydrogen-bond donors (Lipinski definition) is 1. The molecule has 0 spiro atoms. The third kappa shape index (κ3) is 4.64. The minimum absolute atomic E-state index is 0. The van der Waals surface area contributed by atoms with E-state index in [2.05, 4.69) is 41.5 Å². The van der Waals surface area contributed by atoms with Crippen LogP contribution in [0.4, 0.5) is 5.69 Å². The molecule has 2 aliphatic rings. The molecule has 1 aliphatic carbocycles. The highest BCUT2D eigenvalue weighted by Crippen LogP contribution is 2.28. The van der Waals surface area contributed by atoms with Gasteiger partial charge in [-0.3, -0.25) is 0 Å². The molecule has 2 nitrogen and oxygen atoms in total. The van der Waals surface area contributed by atoms with Crippen LogP contribution in [-0.2, 0) is 12.8 Å². The molecule has 0 amide bonds. The second kappa shape index (κ2) is 8.67. The molecule has 0 saturated carbocycles. The third-order valence-electron chi connectivity index (χ3n) is 4.41. The van der Waals surface area contributed by atoms with Gasteiger partial charge in [-0.15, -0.1) is 24.8 Å². The van der Waals surface area contributed by atoms with Crippen LogP contribution < -0.4 is 5.32 Å². The summed E-state index contributed by atoms with van der Waals surface area (Å²) in [5.41, 5.74) is 6.07. The first-order valence-corrected chi connectivity index (χ1v) is 7.54. The van der Waals surface area contributed by atoms with Gasteiger partial charge in [0.25, 0.3) is 0 Å². The van der Waals surface area contributed by atoms with E-state index in [1.807, 2.05) is 0 Å². The topological polar surface area (TPSA) is 15.3 Å². The molecule has 4 heteroatoms. The molecule has 21 heavy (non-hydrogen) atoms. The van der Waals surface area contributed by atoms with E-state index in [9.17, 15) is 0 Å². The van der Waals surface area contributed by atoms with E-state index in [-0.39, 0.29) is 24.8 Å². The molecule has 0 bridgehead atoms. The smallest absolute Gasteiger partial charge is 0.0378 e. The average Bonchev–Trinajstić information content (AvgIpc) is 2.47. The van der Waals surface area contributed by atoms with Crippen molar-refractivity contribution in [3.8, 4) is 0 Å². The largest absolute Gasteiger partial charge is 0.381 e. The number of hydrogen-bond acceptors (Lipinski definition) is 2. The summed E-state index contributed by atoms with van der Waals surface area (Å²) in [5.74, 6) is 0. The zero-order valence-corrected chi connectivity index (χ0v) is 14.4. The minimum Gasteiger partial charge on any atom is -0.381 e. The van der Waals surface area contributed by atoms with Crippen molar-refractivity contribution in [1.29, 1.82) is 0 Å². The Morgan fingerprint density at radius 1 is 1.10 bits per heavy atom. The third-order valence-corrected chi connectivity index (χ3v) is 4.41. The molecular formula is C17H26Cl2N2. The fourth-order valence-electron chi connectivity index (χ4n) is 3.13. The fourth-order valence-corrected chi connectivity index (χ4v) is 3.13. The van der Waals surface area contributed by atoms with Crippen molar-refractivity contribution in [2.75, 3.05) is 32.0 Å². The van der Waals surface area contributed by atoms with Gasteiger partial charge in [0.15, 0.2) is 0 Å². The Bertz CT molecular complexity index is 486. The van der Waals surface area contributed by atoms with Crippen molar-refractivity contribution in [3.63, 3.8) is 0 Å². The number of rotatable bonds is 3. The number of nitrogens with one attached hydrogen (secondary N) is 1. The van der Waals surface area contributed by atoms with Crippen LogP contribution in [0.3, 0.4) is 0 Å².